The Morgan fingerprint density at radius 3 is 2.82 bits per heavy atom. The zero-order chi connectivity index (χ0) is 15.7. The van der Waals surface area contributed by atoms with Gasteiger partial charge in [0.05, 0.1) is 4.90 Å². The summed E-state index contributed by atoms with van der Waals surface area (Å²) in [5.74, 6) is 0.423. The average molecular weight is 322 g/mol. The predicted octanol–water partition coefficient (Wildman–Crippen LogP) is -0.421. The van der Waals surface area contributed by atoms with E-state index in [0.29, 0.717) is 18.0 Å². The molecule has 3 rings (SSSR count). The second kappa shape index (κ2) is 5.69. The van der Waals surface area contributed by atoms with Gasteiger partial charge in [-0.2, -0.15) is 0 Å². The standard InChI is InChI=1S/C14H18N4O3S/c15-7-11(9-5-6-9)17-13(19)8-16-14-10-3-1-2-4-12(10)22(20,21)18-14/h1-4,9,11H,5-8,15H2,(H,16,18)(H,17,19). The zero-order valence-electron chi connectivity index (χ0n) is 12.0. The summed E-state index contributed by atoms with van der Waals surface area (Å²) < 4.78 is 26.2. The van der Waals surface area contributed by atoms with E-state index in [1.165, 1.54) is 6.07 Å². The van der Waals surface area contributed by atoms with Crippen LogP contribution in [-0.2, 0) is 14.8 Å². The fraction of sp³-hybridized carbons (Fsp3) is 0.429. The van der Waals surface area contributed by atoms with Gasteiger partial charge in [-0.3, -0.25) is 14.5 Å². The van der Waals surface area contributed by atoms with E-state index in [9.17, 15) is 13.2 Å². The Morgan fingerprint density at radius 1 is 1.41 bits per heavy atom. The summed E-state index contributed by atoms with van der Waals surface area (Å²) >= 11 is 0. The van der Waals surface area contributed by atoms with Crippen molar-refractivity contribution in [1.82, 2.24) is 10.0 Å². The summed E-state index contributed by atoms with van der Waals surface area (Å²) in [7, 11) is -3.57. The van der Waals surface area contributed by atoms with Gasteiger partial charge >= 0.3 is 0 Å². The first-order valence-corrected chi connectivity index (χ1v) is 8.65. The normalized spacial score (nSPS) is 22.0. The summed E-state index contributed by atoms with van der Waals surface area (Å²) in [6.07, 6.45) is 2.17. The van der Waals surface area contributed by atoms with Crippen molar-refractivity contribution in [3.05, 3.63) is 29.8 Å². The third kappa shape index (κ3) is 2.97. The van der Waals surface area contributed by atoms with Crippen LogP contribution in [0.25, 0.3) is 0 Å². The second-order valence-corrected chi connectivity index (χ2v) is 7.16. The summed E-state index contributed by atoms with van der Waals surface area (Å²) in [5, 5.41) is 2.85. The molecular formula is C14H18N4O3S. The molecule has 1 saturated carbocycles. The van der Waals surface area contributed by atoms with Crippen molar-refractivity contribution in [2.45, 2.75) is 23.8 Å². The van der Waals surface area contributed by atoms with Crippen molar-refractivity contribution in [2.75, 3.05) is 13.1 Å². The third-order valence-electron chi connectivity index (χ3n) is 3.83. The van der Waals surface area contributed by atoms with E-state index in [0.717, 1.165) is 12.8 Å². The minimum Gasteiger partial charge on any atom is -0.350 e. The molecule has 1 aliphatic carbocycles. The number of fused-ring (bicyclic) bond motifs is 1. The lowest BCUT2D eigenvalue weighted by atomic mass is 10.2. The van der Waals surface area contributed by atoms with Crippen molar-refractivity contribution in [3.63, 3.8) is 0 Å². The molecule has 1 aliphatic heterocycles. The molecule has 4 N–H and O–H groups in total. The van der Waals surface area contributed by atoms with Gasteiger partial charge in [-0.05, 0) is 30.9 Å². The van der Waals surface area contributed by atoms with Gasteiger partial charge in [0.25, 0.3) is 10.0 Å². The highest BCUT2D eigenvalue weighted by atomic mass is 32.2. The maximum atomic E-state index is 11.9. The van der Waals surface area contributed by atoms with Crippen LogP contribution < -0.4 is 15.8 Å². The minimum absolute atomic E-state index is 0.0137. The Labute approximate surface area is 129 Å². The number of nitrogens with two attached hydrogens (primary N) is 1. The van der Waals surface area contributed by atoms with Crippen LogP contribution in [-0.4, -0.2) is 39.3 Å². The quantitative estimate of drug-likeness (QED) is 0.683. The Bertz CT molecular complexity index is 725. The van der Waals surface area contributed by atoms with E-state index in [1.807, 2.05) is 0 Å². The summed E-state index contributed by atoms with van der Waals surface area (Å²) in [6.45, 7) is 0.276. The fourth-order valence-corrected chi connectivity index (χ4v) is 3.77. The van der Waals surface area contributed by atoms with Crippen molar-refractivity contribution >= 4 is 21.8 Å². The first kappa shape index (κ1) is 15.0. The topological polar surface area (TPSA) is 114 Å². The number of hydrogen-bond acceptors (Lipinski definition) is 5. The highest BCUT2D eigenvalue weighted by Crippen LogP contribution is 2.32. The number of amides is 1. The van der Waals surface area contributed by atoms with Crippen molar-refractivity contribution < 1.29 is 13.2 Å². The van der Waals surface area contributed by atoms with Gasteiger partial charge in [0, 0.05) is 18.2 Å². The Morgan fingerprint density at radius 2 is 2.14 bits per heavy atom. The van der Waals surface area contributed by atoms with Gasteiger partial charge in [0.1, 0.15) is 12.4 Å². The molecule has 0 aromatic heterocycles. The number of hydrogen-bond donors (Lipinski definition) is 3. The number of amidine groups is 1. The van der Waals surface area contributed by atoms with Crippen LogP contribution in [0.15, 0.2) is 34.2 Å². The highest BCUT2D eigenvalue weighted by molar-refractivity contribution is 7.90. The molecule has 0 saturated heterocycles. The Balaban J connectivity index is 1.70. The number of sulfonamides is 1. The smallest absolute Gasteiger partial charge is 0.263 e. The maximum Gasteiger partial charge on any atom is 0.263 e. The number of benzene rings is 1. The molecule has 0 bridgehead atoms. The second-order valence-electron chi connectivity index (χ2n) is 5.51. The van der Waals surface area contributed by atoms with E-state index >= 15 is 0 Å². The van der Waals surface area contributed by atoms with Gasteiger partial charge in [0.2, 0.25) is 5.91 Å². The maximum absolute atomic E-state index is 11.9. The van der Waals surface area contributed by atoms with E-state index in [1.54, 1.807) is 18.2 Å². The van der Waals surface area contributed by atoms with E-state index < -0.39 is 10.0 Å². The van der Waals surface area contributed by atoms with Crippen LogP contribution in [0, 0.1) is 5.92 Å². The predicted molar refractivity (Wildman–Crippen MR) is 81.9 cm³/mol. The molecule has 22 heavy (non-hydrogen) atoms. The number of aliphatic imine (C=N–C) groups is 1. The highest BCUT2D eigenvalue weighted by Gasteiger charge is 2.32. The molecule has 2 aliphatic rings. The molecule has 1 fully saturated rings. The van der Waals surface area contributed by atoms with E-state index in [2.05, 4.69) is 15.0 Å². The van der Waals surface area contributed by atoms with Gasteiger partial charge in [0.15, 0.2) is 0 Å². The monoisotopic (exact) mass is 322 g/mol. The van der Waals surface area contributed by atoms with Crippen molar-refractivity contribution in [3.8, 4) is 0 Å². The number of rotatable bonds is 5. The molecule has 1 aromatic carbocycles. The lowest BCUT2D eigenvalue weighted by Gasteiger charge is -2.15. The average Bonchev–Trinajstić information content (AvgIpc) is 3.30. The first-order valence-electron chi connectivity index (χ1n) is 7.17. The molecule has 1 aromatic rings. The largest absolute Gasteiger partial charge is 0.350 e. The SMILES string of the molecule is NCC(NC(=O)CN=C1NS(=O)(=O)c2ccccc21)C1CC1. The number of carbonyl (C=O) groups is 1. The molecule has 1 atom stereocenters. The van der Waals surface area contributed by atoms with Crippen LogP contribution in [0.5, 0.6) is 0 Å². The number of carbonyl (C=O) groups excluding carboxylic acids is 1. The molecular weight excluding hydrogens is 304 g/mol. The van der Waals surface area contributed by atoms with Gasteiger partial charge in [-0.15, -0.1) is 0 Å². The van der Waals surface area contributed by atoms with E-state index in [4.69, 9.17) is 5.73 Å². The summed E-state index contributed by atoms with van der Waals surface area (Å²) in [5.41, 5.74) is 6.13. The van der Waals surface area contributed by atoms with Crippen LogP contribution in [0.4, 0.5) is 0 Å². The summed E-state index contributed by atoms with van der Waals surface area (Å²) in [6, 6.07) is 6.54. The zero-order valence-corrected chi connectivity index (χ0v) is 12.8. The molecule has 0 spiro atoms. The van der Waals surface area contributed by atoms with Crippen molar-refractivity contribution in [2.24, 2.45) is 16.6 Å². The van der Waals surface area contributed by atoms with Crippen molar-refractivity contribution in [1.29, 1.82) is 0 Å². The Kier molecular flexibility index (Phi) is 3.88. The molecule has 0 radical (unpaired) electrons. The molecule has 8 heteroatoms. The van der Waals surface area contributed by atoms with Crippen LogP contribution in [0.1, 0.15) is 18.4 Å². The Hall–Kier alpha value is -1.93. The number of nitrogens with one attached hydrogen (secondary N) is 2. The minimum atomic E-state index is -3.57. The van der Waals surface area contributed by atoms with Gasteiger partial charge in [-0.25, -0.2) is 8.42 Å². The number of nitrogens with zero attached hydrogens (tertiary/aromatic N) is 1. The third-order valence-corrected chi connectivity index (χ3v) is 5.23. The van der Waals surface area contributed by atoms with Crippen LogP contribution >= 0.6 is 0 Å². The fourth-order valence-electron chi connectivity index (χ4n) is 2.52. The van der Waals surface area contributed by atoms with Crippen LogP contribution in [0.2, 0.25) is 0 Å². The molecule has 1 unspecified atom stereocenters. The summed E-state index contributed by atoms with van der Waals surface area (Å²) in [4.78, 5) is 16.2. The molecule has 7 nitrogen and oxygen atoms in total. The lowest BCUT2D eigenvalue weighted by molar-refractivity contribution is -0.120. The van der Waals surface area contributed by atoms with Crippen LogP contribution in [0.3, 0.4) is 0 Å². The van der Waals surface area contributed by atoms with Gasteiger partial charge in [-0.1, -0.05) is 12.1 Å². The molecule has 118 valence electrons. The van der Waals surface area contributed by atoms with Gasteiger partial charge < -0.3 is 11.1 Å². The molecule has 1 amide bonds. The molecule has 1 heterocycles. The lowest BCUT2D eigenvalue weighted by Crippen LogP contribution is -2.43. The van der Waals surface area contributed by atoms with E-state index in [-0.39, 0.29) is 29.2 Å². The first-order chi connectivity index (χ1) is 10.5.